The molecule has 0 aliphatic heterocycles. The van der Waals surface area contributed by atoms with Crippen molar-refractivity contribution in [1.29, 1.82) is 0 Å². The van der Waals surface area contributed by atoms with Gasteiger partial charge in [0.25, 0.3) is 0 Å². The molecule has 0 saturated heterocycles. The van der Waals surface area contributed by atoms with E-state index in [0.29, 0.717) is 0 Å². The molecule has 2 heterocycles. The van der Waals surface area contributed by atoms with Crippen LogP contribution in [0.4, 0.5) is 0 Å². The Hall–Kier alpha value is -2.87. The molecule has 2 aromatic heterocycles. The third-order valence-electron chi connectivity index (χ3n) is 9.86. The Morgan fingerprint density at radius 2 is 1.47 bits per heavy atom. The van der Waals surface area contributed by atoms with Crippen LogP contribution in [0.25, 0.3) is 38.2 Å². The van der Waals surface area contributed by atoms with Crippen molar-refractivity contribution in [3.63, 3.8) is 0 Å². The van der Waals surface area contributed by atoms with Gasteiger partial charge in [0.1, 0.15) is 5.65 Å². The summed E-state index contributed by atoms with van der Waals surface area (Å²) in [7, 11) is 0. The standard InChI is InChI=1S/C32H36N2/c1-8-9-13-21-17-24-22-14-11-10-12-20(22)15-16-23(24)29-33-27-18-25-26(19-28(27)34(21)29)31(4,5)32(6,7)30(25,2)3/h10-12,14-19H,8-9,13H2,1-7H3. The summed E-state index contributed by atoms with van der Waals surface area (Å²) in [5.41, 5.74) is 8.12. The molecule has 0 fully saturated rings. The van der Waals surface area contributed by atoms with Crippen LogP contribution in [0.2, 0.25) is 0 Å². The van der Waals surface area contributed by atoms with Crippen molar-refractivity contribution in [2.75, 3.05) is 0 Å². The second kappa shape index (κ2) is 6.84. The third-order valence-corrected chi connectivity index (χ3v) is 9.86. The van der Waals surface area contributed by atoms with Crippen molar-refractivity contribution in [2.24, 2.45) is 5.41 Å². The Bertz CT molecular complexity index is 1610. The molecular weight excluding hydrogens is 412 g/mol. The van der Waals surface area contributed by atoms with Crippen molar-refractivity contribution in [1.82, 2.24) is 9.38 Å². The number of unbranched alkanes of at least 4 members (excludes halogenated alkanes) is 1. The summed E-state index contributed by atoms with van der Waals surface area (Å²) in [5.74, 6) is 0. The second-order valence-electron chi connectivity index (χ2n) is 12.0. The van der Waals surface area contributed by atoms with E-state index in [-0.39, 0.29) is 16.2 Å². The van der Waals surface area contributed by atoms with Gasteiger partial charge in [-0.3, -0.25) is 4.40 Å². The van der Waals surface area contributed by atoms with E-state index in [4.69, 9.17) is 4.98 Å². The topological polar surface area (TPSA) is 17.3 Å². The van der Waals surface area contributed by atoms with Crippen LogP contribution in [0.1, 0.15) is 78.1 Å². The zero-order valence-corrected chi connectivity index (χ0v) is 21.7. The molecule has 0 saturated carbocycles. The zero-order chi connectivity index (χ0) is 24.0. The van der Waals surface area contributed by atoms with Crippen LogP contribution in [0.15, 0.2) is 54.6 Å². The van der Waals surface area contributed by atoms with E-state index in [1.165, 1.54) is 56.7 Å². The maximum Gasteiger partial charge on any atom is 0.146 e. The number of aryl methyl sites for hydroxylation is 1. The Morgan fingerprint density at radius 1 is 0.765 bits per heavy atom. The number of rotatable bonds is 3. The highest BCUT2D eigenvalue weighted by Gasteiger charge is 2.56. The molecule has 0 atom stereocenters. The Kier molecular flexibility index (Phi) is 4.36. The normalized spacial score (nSPS) is 18.3. The van der Waals surface area contributed by atoms with Crippen molar-refractivity contribution in [2.45, 2.75) is 78.6 Å². The average Bonchev–Trinajstić information content (AvgIpc) is 3.24. The number of fused-ring (bicyclic) bond motifs is 8. The lowest BCUT2D eigenvalue weighted by Gasteiger charge is -2.44. The lowest BCUT2D eigenvalue weighted by molar-refractivity contribution is 0.125. The van der Waals surface area contributed by atoms with Crippen LogP contribution in [-0.4, -0.2) is 9.38 Å². The van der Waals surface area contributed by atoms with E-state index < -0.39 is 0 Å². The predicted octanol–water partition coefficient (Wildman–Crippen LogP) is 8.73. The molecule has 0 bridgehead atoms. The first-order valence-electron chi connectivity index (χ1n) is 12.9. The Balaban J connectivity index is 1.76. The predicted molar refractivity (Wildman–Crippen MR) is 146 cm³/mol. The first kappa shape index (κ1) is 21.6. The molecule has 2 heteroatoms. The van der Waals surface area contributed by atoms with Gasteiger partial charge in [-0.25, -0.2) is 4.98 Å². The summed E-state index contributed by atoms with van der Waals surface area (Å²) >= 11 is 0. The van der Waals surface area contributed by atoms with Crippen LogP contribution >= 0.6 is 0 Å². The molecular formula is C32H36N2. The molecule has 5 aromatic rings. The summed E-state index contributed by atoms with van der Waals surface area (Å²) < 4.78 is 2.47. The van der Waals surface area contributed by atoms with Gasteiger partial charge < -0.3 is 0 Å². The van der Waals surface area contributed by atoms with Gasteiger partial charge in [0, 0.05) is 11.1 Å². The first-order chi connectivity index (χ1) is 16.1. The Labute approximate surface area is 203 Å². The lowest BCUT2D eigenvalue weighted by Crippen LogP contribution is -2.42. The fraction of sp³-hybridized carbons (Fsp3) is 0.406. The SMILES string of the molecule is CCCCc1cc2c3ccccc3ccc2c2nc3cc4c(cc3n12)C(C)(C)C(C)(C)C4(C)C. The van der Waals surface area contributed by atoms with Gasteiger partial charge in [0.2, 0.25) is 0 Å². The monoisotopic (exact) mass is 448 g/mol. The van der Waals surface area contributed by atoms with Gasteiger partial charge in [0.05, 0.1) is 11.0 Å². The maximum atomic E-state index is 5.32. The summed E-state index contributed by atoms with van der Waals surface area (Å²) in [5, 5.41) is 5.18. The van der Waals surface area contributed by atoms with E-state index in [2.05, 4.69) is 107 Å². The molecule has 3 aromatic carbocycles. The number of imidazole rings is 1. The lowest BCUT2D eigenvalue weighted by atomic mass is 9.59. The number of aromatic nitrogens is 2. The van der Waals surface area contributed by atoms with Gasteiger partial charge in [-0.2, -0.15) is 0 Å². The minimum Gasteiger partial charge on any atom is -0.296 e. The van der Waals surface area contributed by atoms with Crippen molar-refractivity contribution < 1.29 is 0 Å². The maximum absolute atomic E-state index is 5.32. The van der Waals surface area contributed by atoms with Crippen LogP contribution in [0.5, 0.6) is 0 Å². The fourth-order valence-corrected chi connectivity index (χ4v) is 6.50. The van der Waals surface area contributed by atoms with E-state index >= 15 is 0 Å². The second-order valence-corrected chi connectivity index (χ2v) is 12.0. The molecule has 174 valence electrons. The first-order valence-corrected chi connectivity index (χ1v) is 12.9. The van der Waals surface area contributed by atoms with Crippen molar-refractivity contribution in [3.8, 4) is 0 Å². The van der Waals surface area contributed by atoms with Crippen molar-refractivity contribution in [3.05, 3.63) is 71.4 Å². The number of pyridine rings is 1. The molecule has 0 spiro atoms. The van der Waals surface area contributed by atoms with Crippen molar-refractivity contribution >= 4 is 38.2 Å². The van der Waals surface area contributed by atoms with Crippen LogP contribution in [0, 0.1) is 5.41 Å². The van der Waals surface area contributed by atoms with E-state index in [9.17, 15) is 0 Å². The molecule has 2 nitrogen and oxygen atoms in total. The smallest absolute Gasteiger partial charge is 0.146 e. The van der Waals surface area contributed by atoms with Crippen LogP contribution in [-0.2, 0) is 17.3 Å². The Morgan fingerprint density at radius 3 is 2.21 bits per heavy atom. The van der Waals surface area contributed by atoms with Gasteiger partial charge in [-0.05, 0) is 80.6 Å². The van der Waals surface area contributed by atoms with E-state index in [1.807, 2.05) is 0 Å². The summed E-state index contributed by atoms with van der Waals surface area (Å²) in [6, 6.07) is 20.6. The number of benzene rings is 3. The minimum atomic E-state index is 0.0825. The van der Waals surface area contributed by atoms with Gasteiger partial charge >= 0.3 is 0 Å². The molecule has 1 aliphatic rings. The van der Waals surface area contributed by atoms with E-state index in [0.717, 1.165) is 17.6 Å². The molecule has 1 aliphatic carbocycles. The molecule has 34 heavy (non-hydrogen) atoms. The third kappa shape index (κ3) is 2.55. The fourth-order valence-electron chi connectivity index (χ4n) is 6.50. The highest BCUT2D eigenvalue weighted by atomic mass is 15.0. The number of hydrogen-bond donors (Lipinski definition) is 0. The van der Waals surface area contributed by atoms with Gasteiger partial charge in [0.15, 0.2) is 0 Å². The molecule has 0 unspecified atom stereocenters. The summed E-state index contributed by atoms with van der Waals surface area (Å²) in [4.78, 5) is 5.32. The largest absolute Gasteiger partial charge is 0.296 e. The summed E-state index contributed by atoms with van der Waals surface area (Å²) in [6.07, 6.45) is 3.43. The van der Waals surface area contributed by atoms with Gasteiger partial charge in [-0.1, -0.05) is 85.2 Å². The van der Waals surface area contributed by atoms with Crippen LogP contribution < -0.4 is 0 Å². The van der Waals surface area contributed by atoms with E-state index in [1.54, 1.807) is 0 Å². The summed E-state index contributed by atoms with van der Waals surface area (Å²) in [6.45, 7) is 16.8. The highest BCUT2D eigenvalue weighted by molar-refractivity contribution is 6.12. The quantitative estimate of drug-likeness (QED) is 0.252. The minimum absolute atomic E-state index is 0.0825. The van der Waals surface area contributed by atoms with Gasteiger partial charge in [-0.15, -0.1) is 0 Å². The average molecular weight is 449 g/mol. The number of hydrogen-bond acceptors (Lipinski definition) is 1. The molecule has 0 radical (unpaired) electrons. The molecule has 0 amide bonds. The molecule has 6 rings (SSSR count). The van der Waals surface area contributed by atoms with Crippen LogP contribution in [0.3, 0.4) is 0 Å². The highest BCUT2D eigenvalue weighted by Crippen LogP contribution is 2.62. The molecule has 0 N–H and O–H groups in total. The number of nitrogens with zero attached hydrogens (tertiary/aromatic N) is 2. The zero-order valence-electron chi connectivity index (χ0n) is 21.7.